The Balaban J connectivity index is 2.54. The van der Waals surface area contributed by atoms with Gasteiger partial charge in [-0.15, -0.1) is 11.3 Å². The molecule has 1 unspecified atom stereocenters. The third kappa shape index (κ3) is 3.13. The van der Waals surface area contributed by atoms with Crippen molar-refractivity contribution in [2.45, 2.75) is 26.8 Å². The molecule has 0 amide bonds. The van der Waals surface area contributed by atoms with Gasteiger partial charge in [-0.2, -0.15) is 0 Å². The maximum atomic E-state index is 3.58. The van der Waals surface area contributed by atoms with Gasteiger partial charge in [0, 0.05) is 9.35 Å². The van der Waals surface area contributed by atoms with E-state index in [0.717, 1.165) is 8.26 Å². The lowest BCUT2D eigenvalue weighted by Crippen LogP contribution is -2.19. The van der Waals surface area contributed by atoms with Gasteiger partial charge in [-0.1, -0.05) is 17.7 Å². The van der Waals surface area contributed by atoms with Crippen molar-refractivity contribution < 1.29 is 0 Å². The molecule has 0 saturated heterocycles. The van der Waals surface area contributed by atoms with E-state index in [1.807, 2.05) is 7.05 Å². The van der Waals surface area contributed by atoms with Crippen LogP contribution in [0.4, 0.5) is 0 Å². The molecule has 0 spiro atoms. The van der Waals surface area contributed by atoms with Crippen molar-refractivity contribution in [3.05, 3.63) is 53.6 Å². The number of halogens is 2. The van der Waals surface area contributed by atoms with Gasteiger partial charge in [0.1, 0.15) is 0 Å². The third-order valence-corrected chi connectivity index (χ3v) is 6.59. The average Bonchev–Trinajstić information content (AvgIpc) is 2.63. The third-order valence-electron chi connectivity index (χ3n) is 3.26. The smallest absolute Gasteiger partial charge is 0.0843 e. The lowest BCUT2D eigenvalue weighted by atomic mass is 9.93. The molecule has 1 nitrogen and oxygen atoms in total. The molecule has 0 aliphatic carbocycles. The number of aryl methyl sites for hydroxylation is 3. The molecule has 102 valence electrons. The van der Waals surface area contributed by atoms with Crippen LogP contribution in [0, 0.1) is 20.8 Å². The van der Waals surface area contributed by atoms with Gasteiger partial charge < -0.3 is 5.32 Å². The second-order valence-electron chi connectivity index (χ2n) is 4.80. The van der Waals surface area contributed by atoms with Gasteiger partial charge in [-0.3, -0.25) is 0 Å². The minimum atomic E-state index is 0.244. The summed E-state index contributed by atoms with van der Waals surface area (Å²) >= 11 is 8.92. The quantitative estimate of drug-likeness (QED) is 0.713. The fourth-order valence-corrected chi connectivity index (χ4v) is 4.79. The van der Waals surface area contributed by atoms with Crippen molar-refractivity contribution in [2.75, 3.05) is 7.05 Å². The summed E-state index contributed by atoms with van der Waals surface area (Å²) in [5.41, 5.74) is 5.39. The lowest BCUT2D eigenvalue weighted by Gasteiger charge is -2.20. The van der Waals surface area contributed by atoms with Crippen LogP contribution in [0.2, 0.25) is 0 Å². The molecule has 0 aliphatic heterocycles. The first-order valence-corrected chi connectivity index (χ1v) is 8.54. The molecule has 0 bridgehead atoms. The molecule has 1 atom stereocenters. The molecular formula is C15H17Br2NS. The number of hydrogen-bond acceptors (Lipinski definition) is 2. The van der Waals surface area contributed by atoms with Crippen molar-refractivity contribution in [2.24, 2.45) is 0 Å². The van der Waals surface area contributed by atoms with E-state index in [2.05, 4.69) is 76.1 Å². The molecule has 1 aromatic carbocycles. The van der Waals surface area contributed by atoms with Crippen LogP contribution in [0.15, 0.2) is 26.5 Å². The van der Waals surface area contributed by atoms with E-state index in [-0.39, 0.29) is 6.04 Å². The molecule has 4 heteroatoms. The van der Waals surface area contributed by atoms with E-state index in [9.17, 15) is 0 Å². The fraction of sp³-hybridized carbons (Fsp3) is 0.333. The summed E-state index contributed by atoms with van der Waals surface area (Å²) in [6.45, 7) is 6.53. The summed E-state index contributed by atoms with van der Waals surface area (Å²) in [5.74, 6) is 0. The maximum absolute atomic E-state index is 3.58. The van der Waals surface area contributed by atoms with Crippen molar-refractivity contribution in [3.63, 3.8) is 0 Å². The summed E-state index contributed by atoms with van der Waals surface area (Å²) in [6.07, 6.45) is 0. The van der Waals surface area contributed by atoms with Gasteiger partial charge in [0.05, 0.1) is 9.83 Å². The van der Waals surface area contributed by atoms with Crippen LogP contribution in [0.1, 0.15) is 33.2 Å². The van der Waals surface area contributed by atoms with E-state index in [0.29, 0.717) is 0 Å². The first-order chi connectivity index (χ1) is 8.93. The van der Waals surface area contributed by atoms with Crippen LogP contribution >= 0.6 is 43.2 Å². The maximum Gasteiger partial charge on any atom is 0.0843 e. The van der Waals surface area contributed by atoms with E-state index >= 15 is 0 Å². The Morgan fingerprint density at radius 2 is 1.63 bits per heavy atom. The number of benzene rings is 1. The highest BCUT2D eigenvalue weighted by molar-refractivity contribution is 9.13. The standard InChI is InChI=1S/C15H17Br2NS/c1-8-5-9(2)13(10(3)6-8)14(18-4)12-7-11(16)15(17)19-12/h5-7,14,18H,1-4H3. The Morgan fingerprint density at radius 1 is 1.05 bits per heavy atom. The number of nitrogens with one attached hydrogen (secondary N) is 1. The van der Waals surface area contributed by atoms with Crippen LogP contribution in [-0.4, -0.2) is 7.05 Å². The van der Waals surface area contributed by atoms with Crippen molar-refractivity contribution in [1.29, 1.82) is 0 Å². The molecule has 0 saturated carbocycles. The van der Waals surface area contributed by atoms with E-state index in [4.69, 9.17) is 0 Å². The Morgan fingerprint density at radius 3 is 2.05 bits per heavy atom. The van der Waals surface area contributed by atoms with Crippen LogP contribution in [0.3, 0.4) is 0 Å². The highest BCUT2D eigenvalue weighted by Gasteiger charge is 2.20. The first-order valence-electron chi connectivity index (χ1n) is 6.13. The molecule has 2 aromatic rings. The largest absolute Gasteiger partial charge is 0.309 e. The first kappa shape index (κ1) is 15.2. The van der Waals surface area contributed by atoms with Gasteiger partial charge in [-0.25, -0.2) is 0 Å². The molecule has 2 rings (SSSR count). The second-order valence-corrected chi connectivity index (χ2v) is 8.06. The van der Waals surface area contributed by atoms with Crippen LogP contribution in [-0.2, 0) is 0 Å². The minimum Gasteiger partial charge on any atom is -0.309 e. The Labute approximate surface area is 135 Å². The second kappa shape index (κ2) is 6.08. The SMILES string of the molecule is CNC(c1cc(Br)c(Br)s1)c1c(C)cc(C)cc1C. The minimum absolute atomic E-state index is 0.244. The molecule has 19 heavy (non-hydrogen) atoms. The molecule has 1 N–H and O–H groups in total. The topological polar surface area (TPSA) is 12.0 Å². The van der Waals surface area contributed by atoms with Gasteiger partial charge in [0.2, 0.25) is 0 Å². The van der Waals surface area contributed by atoms with Gasteiger partial charge >= 0.3 is 0 Å². The van der Waals surface area contributed by atoms with Crippen LogP contribution in [0.5, 0.6) is 0 Å². The molecule has 0 radical (unpaired) electrons. The summed E-state index contributed by atoms with van der Waals surface area (Å²) in [6, 6.07) is 6.94. The van der Waals surface area contributed by atoms with E-state index in [1.54, 1.807) is 11.3 Å². The number of rotatable bonds is 3. The predicted molar refractivity (Wildman–Crippen MR) is 91.3 cm³/mol. The van der Waals surface area contributed by atoms with Gasteiger partial charge in [0.15, 0.2) is 0 Å². The van der Waals surface area contributed by atoms with Crippen molar-refractivity contribution >= 4 is 43.2 Å². The Kier molecular flexibility index (Phi) is 4.88. The fourth-order valence-electron chi connectivity index (χ4n) is 2.58. The highest BCUT2D eigenvalue weighted by Crippen LogP contribution is 2.39. The average molecular weight is 403 g/mol. The van der Waals surface area contributed by atoms with E-state index in [1.165, 1.54) is 27.1 Å². The monoisotopic (exact) mass is 401 g/mol. The molecule has 0 aliphatic rings. The molecule has 1 heterocycles. The highest BCUT2D eigenvalue weighted by atomic mass is 79.9. The zero-order chi connectivity index (χ0) is 14.2. The Hall–Kier alpha value is -0.160. The Bertz CT molecular complexity index is 562. The number of thiophene rings is 1. The lowest BCUT2D eigenvalue weighted by molar-refractivity contribution is 0.694. The summed E-state index contributed by atoms with van der Waals surface area (Å²) in [4.78, 5) is 1.32. The summed E-state index contributed by atoms with van der Waals surface area (Å²) < 4.78 is 2.26. The van der Waals surface area contributed by atoms with Crippen LogP contribution in [0.25, 0.3) is 0 Å². The molecule has 1 aromatic heterocycles. The van der Waals surface area contributed by atoms with Gasteiger partial charge in [0.25, 0.3) is 0 Å². The summed E-state index contributed by atoms with van der Waals surface area (Å²) in [7, 11) is 2.02. The van der Waals surface area contributed by atoms with E-state index < -0.39 is 0 Å². The van der Waals surface area contributed by atoms with Crippen molar-refractivity contribution in [1.82, 2.24) is 5.32 Å². The zero-order valence-electron chi connectivity index (χ0n) is 11.5. The van der Waals surface area contributed by atoms with Crippen LogP contribution < -0.4 is 5.32 Å². The zero-order valence-corrected chi connectivity index (χ0v) is 15.5. The summed E-state index contributed by atoms with van der Waals surface area (Å²) in [5, 5.41) is 3.45. The normalized spacial score (nSPS) is 12.7. The molecule has 0 fully saturated rings. The van der Waals surface area contributed by atoms with Gasteiger partial charge in [-0.05, 0) is 82.4 Å². The number of hydrogen-bond donors (Lipinski definition) is 1. The molecular weight excluding hydrogens is 386 g/mol. The van der Waals surface area contributed by atoms with Crippen molar-refractivity contribution in [3.8, 4) is 0 Å². The predicted octanol–water partition coefficient (Wildman–Crippen LogP) is 5.51.